The second-order valence-corrected chi connectivity index (χ2v) is 7.67. The van der Waals surface area contributed by atoms with Crippen LogP contribution in [0.4, 0.5) is 30.6 Å². The van der Waals surface area contributed by atoms with E-state index in [1.54, 1.807) is 0 Å². The Morgan fingerprint density at radius 2 is 1.67 bits per heavy atom. The maximum Gasteiger partial charge on any atom is 0.490 e. The number of hydrogen-bond donors (Lipinski definition) is 2. The van der Waals surface area contributed by atoms with Gasteiger partial charge in [0.25, 0.3) is 0 Å². The van der Waals surface area contributed by atoms with Crippen LogP contribution in [-0.2, 0) is 11.2 Å². The Morgan fingerprint density at radius 3 is 2.13 bits per heavy atom. The number of carbonyl (C=O) groups is 1. The van der Waals surface area contributed by atoms with Crippen LogP contribution >= 0.6 is 0 Å². The van der Waals surface area contributed by atoms with E-state index in [9.17, 15) is 13.2 Å². The summed E-state index contributed by atoms with van der Waals surface area (Å²) in [5.74, 6) is -0.964. The molecule has 164 valence electrons. The number of fused-ring (bicyclic) bond motifs is 1. The summed E-state index contributed by atoms with van der Waals surface area (Å²) >= 11 is 0. The molecule has 1 aliphatic rings. The van der Waals surface area contributed by atoms with Crippen molar-refractivity contribution in [2.75, 3.05) is 16.8 Å². The first-order chi connectivity index (χ1) is 13.8. The van der Waals surface area contributed by atoms with E-state index in [-0.39, 0.29) is 0 Å². The summed E-state index contributed by atoms with van der Waals surface area (Å²) in [4.78, 5) is 20.8. The monoisotopic (exact) mass is 424 g/mol. The second-order valence-electron chi connectivity index (χ2n) is 7.67. The van der Waals surface area contributed by atoms with Gasteiger partial charge in [-0.25, -0.2) is 9.78 Å². The first-order valence-electron chi connectivity index (χ1n) is 9.60. The minimum Gasteiger partial charge on any atom is -0.475 e. The number of aromatic nitrogens is 2. The summed E-state index contributed by atoms with van der Waals surface area (Å²) in [5.41, 5.74) is 7.23. The first-order valence-corrected chi connectivity index (χ1v) is 9.60. The van der Waals surface area contributed by atoms with Gasteiger partial charge in [-0.2, -0.15) is 18.2 Å². The molecule has 30 heavy (non-hydrogen) atoms. The number of hydrogen-bond acceptors (Lipinski definition) is 5. The Morgan fingerprint density at radius 1 is 1.13 bits per heavy atom. The zero-order valence-electron chi connectivity index (χ0n) is 18.0. The lowest BCUT2D eigenvalue weighted by molar-refractivity contribution is -0.192. The number of nitrogens with zero attached hydrogens (tertiary/aromatic N) is 3. The molecule has 0 bridgehead atoms. The number of carboxylic acid groups (broad SMARTS) is 1. The Kier molecular flexibility index (Phi) is 6.95. The molecule has 0 atom stereocenters. The summed E-state index contributed by atoms with van der Waals surface area (Å²) in [7, 11) is 0. The molecule has 2 aromatic rings. The van der Waals surface area contributed by atoms with Gasteiger partial charge in [-0.1, -0.05) is 17.7 Å². The van der Waals surface area contributed by atoms with Gasteiger partial charge in [-0.3, -0.25) is 0 Å². The number of aryl methyl sites for hydroxylation is 4. The highest BCUT2D eigenvalue weighted by Crippen LogP contribution is 2.32. The third kappa shape index (κ3) is 5.40. The topological polar surface area (TPSA) is 78.4 Å². The van der Waals surface area contributed by atoms with E-state index in [1.165, 1.54) is 22.3 Å². The van der Waals surface area contributed by atoms with E-state index in [0.717, 1.165) is 30.2 Å². The third-order valence-electron chi connectivity index (χ3n) is 4.85. The molecule has 1 aliphatic heterocycles. The lowest BCUT2D eigenvalue weighted by atomic mass is 10.1. The van der Waals surface area contributed by atoms with Crippen molar-refractivity contribution in [1.82, 2.24) is 9.97 Å². The van der Waals surface area contributed by atoms with Crippen molar-refractivity contribution in [3.63, 3.8) is 0 Å². The maximum absolute atomic E-state index is 10.6. The minimum absolute atomic E-state index is 0.459. The number of nitrogens with one attached hydrogen (secondary N) is 1. The Balaban J connectivity index is 0.000000396. The fraction of sp³-hybridized carbons (Fsp3) is 0.476. The molecule has 3 rings (SSSR count). The van der Waals surface area contributed by atoms with Gasteiger partial charge in [-0.15, -0.1) is 0 Å². The number of carboxylic acids is 1. The average Bonchev–Trinajstić information content (AvgIpc) is 3.02. The molecule has 0 spiro atoms. The van der Waals surface area contributed by atoms with E-state index in [2.05, 4.69) is 68.9 Å². The molecule has 1 aromatic heterocycles. The molecular weight excluding hydrogens is 397 g/mol. The number of aliphatic carboxylic acids is 1. The highest BCUT2D eigenvalue weighted by atomic mass is 19.4. The van der Waals surface area contributed by atoms with Gasteiger partial charge in [0, 0.05) is 29.5 Å². The molecule has 0 aliphatic carbocycles. The predicted octanol–water partition coefficient (Wildman–Crippen LogP) is 4.86. The number of benzene rings is 1. The average molecular weight is 424 g/mol. The van der Waals surface area contributed by atoms with Gasteiger partial charge >= 0.3 is 12.1 Å². The van der Waals surface area contributed by atoms with Crippen LogP contribution < -0.4 is 10.2 Å². The summed E-state index contributed by atoms with van der Waals surface area (Å²) in [6, 6.07) is 4.84. The second kappa shape index (κ2) is 8.89. The SMILES string of the molecule is Cc1cc(C)c(Nc2nc(C)c3c(n2)N(C(C)C)CC3)c(C)c1.O=C(O)C(F)(F)F. The Bertz CT molecular complexity index is 920. The summed E-state index contributed by atoms with van der Waals surface area (Å²) in [6.45, 7) is 13.9. The summed E-state index contributed by atoms with van der Waals surface area (Å²) in [5, 5.41) is 10.6. The molecule has 0 unspecified atom stereocenters. The Labute approximate surface area is 174 Å². The molecule has 0 amide bonds. The highest BCUT2D eigenvalue weighted by Gasteiger charge is 2.38. The van der Waals surface area contributed by atoms with Crippen LogP contribution in [0.15, 0.2) is 12.1 Å². The van der Waals surface area contributed by atoms with Gasteiger partial charge in [0.2, 0.25) is 5.95 Å². The minimum atomic E-state index is -5.08. The first kappa shape index (κ1) is 23.4. The molecule has 0 fully saturated rings. The number of halogens is 3. The quantitative estimate of drug-likeness (QED) is 0.733. The van der Waals surface area contributed by atoms with Crippen LogP contribution in [0.1, 0.15) is 41.8 Å². The zero-order valence-corrected chi connectivity index (χ0v) is 18.0. The lowest BCUT2D eigenvalue weighted by Gasteiger charge is -2.23. The van der Waals surface area contributed by atoms with E-state index >= 15 is 0 Å². The van der Waals surface area contributed by atoms with Crippen molar-refractivity contribution in [1.29, 1.82) is 0 Å². The molecule has 6 nitrogen and oxygen atoms in total. The van der Waals surface area contributed by atoms with Crippen molar-refractivity contribution in [2.24, 2.45) is 0 Å². The third-order valence-corrected chi connectivity index (χ3v) is 4.85. The van der Waals surface area contributed by atoms with E-state index < -0.39 is 12.1 Å². The highest BCUT2D eigenvalue weighted by molar-refractivity contribution is 5.73. The number of rotatable bonds is 3. The van der Waals surface area contributed by atoms with Crippen molar-refractivity contribution in [3.8, 4) is 0 Å². The van der Waals surface area contributed by atoms with E-state index in [4.69, 9.17) is 14.9 Å². The lowest BCUT2D eigenvalue weighted by Crippen LogP contribution is -2.29. The van der Waals surface area contributed by atoms with Gasteiger partial charge in [0.1, 0.15) is 5.82 Å². The van der Waals surface area contributed by atoms with Crippen molar-refractivity contribution < 1.29 is 23.1 Å². The molecule has 0 saturated carbocycles. The van der Waals surface area contributed by atoms with Gasteiger partial charge in [0.15, 0.2) is 0 Å². The Hall–Kier alpha value is -2.84. The van der Waals surface area contributed by atoms with Crippen LogP contribution in [0.2, 0.25) is 0 Å². The van der Waals surface area contributed by atoms with Crippen molar-refractivity contribution >= 4 is 23.4 Å². The standard InChI is InChI=1S/C19H26N4.C2HF3O2/c1-11(2)23-8-7-16-15(6)20-19(22-18(16)23)21-17-13(4)9-12(3)10-14(17)5;3-2(4,5)1(6)7/h9-11H,7-8H2,1-6H3,(H,20,21,22);(H,6,7). The van der Waals surface area contributed by atoms with Crippen molar-refractivity contribution in [2.45, 2.75) is 60.2 Å². The molecular formula is C21H27F3N4O2. The van der Waals surface area contributed by atoms with Gasteiger partial charge in [-0.05, 0) is 59.1 Å². The van der Waals surface area contributed by atoms with Crippen LogP contribution in [0.25, 0.3) is 0 Å². The summed E-state index contributed by atoms with van der Waals surface area (Å²) < 4.78 is 31.7. The van der Waals surface area contributed by atoms with E-state index in [0.29, 0.717) is 12.0 Å². The molecule has 9 heteroatoms. The van der Waals surface area contributed by atoms with Crippen LogP contribution in [0.5, 0.6) is 0 Å². The molecule has 2 heterocycles. The van der Waals surface area contributed by atoms with Crippen LogP contribution in [0, 0.1) is 27.7 Å². The predicted molar refractivity (Wildman–Crippen MR) is 111 cm³/mol. The molecule has 2 N–H and O–H groups in total. The summed E-state index contributed by atoms with van der Waals surface area (Å²) in [6.07, 6.45) is -4.04. The van der Waals surface area contributed by atoms with Gasteiger partial charge < -0.3 is 15.3 Å². The van der Waals surface area contributed by atoms with E-state index in [1.807, 2.05) is 0 Å². The molecule has 1 aromatic carbocycles. The molecule has 0 radical (unpaired) electrons. The smallest absolute Gasteiger partial charge is 0.475 e. The number of alkyl halides is 3. The normalized spacial score (nSPS) is 13.1. The van der Waals surface area contributed by atoms with Crippen molar-refractivity contribution in [3.05, 3.63) is 40.1 Å². The maximum atomic E-state index is 10.6. The van der Waals surface area contributed by atoms with Gasteiger partial charge in [0.05, 0.1) is 0 Å². The van der Waals surface area contributed by atoms with Crippen LogP contribution in [-0.4, -0.2) is 39.8 Å². The molecule has 0 saturated heterocycles. The largest absolute Gasteiger partial charge is 0.490 e. The fourth-order valence-corrected chi connectivity index (χ4v) is 3.50. The zero-order chi connectivity index (χ0) is 22.8. The number of anilines is 3. The van der Waals surface area contributed by atoms with Crippen LogP contribution in [0.3, 0.4) is 0 Å². The fourth-order valence-electron chi connectivity index (χ4n) is 3.50.